The number of nitrogens with zero attached hydrogens (tertiary/aromatic N) is 1. The minimum Gasteiger partial charge on any atom is -0.480 e. The van der Waals surface area contributed by atoms with E-state index in [0.29, 0.717) is 6.54 Å². The van der Waals surface area contributed by atoms with E-state index in [1.165, 1.54) is 7.11 Å². The van der Waals surface area contributed by atoms with Gasteiger partial charge in [0.15, 0.2) is 0 Å². The van der Waals surface area contributed by atoms with Crippen molar-refractivity contribution in [1.82, 2.24) is 15.5 Å². The van der Waals surface area contributed by atoms with E-state index in [0.717, 1.165) is 19.4 Å². The van der Waals surface area contributed by atoms with Gasteiger partial charge < -0.3 is 25.4 Å². The van der Waals surface area contributed by atoms with E-state index in [-0.39, 0.29) is 12.8 Å². The first-order valence-corrected chi connectivity index (χ1v) is 6.85. The maximum Gasteiger partial charge on any atom is 0.326 e. The molecular formula is C13H25N3O5. The summed E-state index contributed by atoms with van der Waals surface area (Å²) in [5.41, 5.74) is 0. The van der Waals surface area contributed by atoms with Crippen molar-refractivity contribution in [2.75, 3.05) is 34.3 Å². The summed E-state index contributed by atoms with van der Waals surface area (Å²) in [6, 6.07) is -1.65. The van der Waals surface area contributed by atoms with Crippen molar-refractivity contribution in [2.24, 2.45) is 0 Å². The number of methoxy groups -OCH3 is 1. The number of carbonyl (C=O) groups is 3. The Balaban J connectivity index is 3.95. The van der Waals surface area contributed by atoms with E-state index < -0.39 is 24.0 Å². The molecular weight excluding hydrogens is 278 g/mol. The number of esters is 1. The zero-order valence-corrected chi connectivity index (χ0v) is 12.8. The number of ether oxygens (including phenoxy) is 1. The molecule has 122 valence electrons. The van der Waals surface area contributed by atoms with Gasteiger partial charge >= 0.3 is 18.0 Å². The number of amides is 2. The second-order valence-electron chi connectivity index (χ2n) is 4.92. The summed E-state index contributed by atoms with van der Waals surface area (Å²) >= 11 is 0. The lowest BCUT2D eigenvalue weighted by atomic mass is 10.1. The Morgan fingerprint density at radius 1 is 1.24 bits per heavy atom. The Morgan fingerprint density at radius 3 is 2.43 bits per heavy atom. The summed E-state index contributed by atoms with van der Waals surface area (Å²) in [7, 11) is 5.17. The molecule has 0 saturated heterocycles. The Hall–Kier alpha value is -1.83. The molecule has 0 aliphatic carbocycles. The van der Waals surface area contributed by atoms with Crippen LogP contribution in [0.15, 0.2) is 0 Å². The molecule has 0 aromatic rings. The molecule has 0 unspecified atom stereocenters. The van der Waals surface area contributed by atoms with Crippen LogP contribution in [0, 0.1) is 0 Å². The van der Waals surface area contributed by atoms with Crippen LogP contribution in [0.2, 0.25) is 0 Å². The molecule has 0 aromatic heterocycles. The molecule has 0 aliphatic heterocycles. The first-order valence-electron chi connectivity index (χ1n) is 6.85. The molecule has 21 heavy (non-hydrogen) atoms. The molecule has 0 rings (SSSR count). The third kappa shape index (κ3) is 10.6. The van der Waals surface area contributed by atoms with Gasteiger partial charge in [0.05, 0.1) is 7.11 Å². The smallest absolute Gasteiger partial charge is 0.326 e. The highest BCUT2D eigenvalue weighted by atomic mass is 16.5. The monoisotopic (exact) mass is 303 g/mol. The van der Waals surface area contributed by atoms with Gasteiger partial charge in [-0.1, -0.05) is 0 Å². The molecule has 0 radical (unpaired) electrons. The minimum atomic E-state index is -1.18. The summed E-state index contributed by atoms with van der Waals surface area (Å²) in [6.07, 6.45) is 1.69. The van der Waals surface area contributed by atoms with Gasteiger partial charge in [0.25, 0.3) is 0 Å². The minimum absolute atomic E-state index is 0.00391. The van der Waals surface area contributed by atoms with Crippen LogP contribution in [-0.4, -0.2) is 68.3 Å². The highest BCUT2D eigenvalue weighted by Crippen LogP contribution is 1.99. The summed E-state index contributed by atoms with van der Waals surface area (Å²) in [5, 5.41) is 13.9. The molecule has 0 bridgehead atoms. The lowest BCUT2D eigenvalue weighted by molar-refractivity contribution is -0.142. The fourth-order valence-corrected chi connectivity index (χ4v) is 1.59. The molecule has 0 fully saturated rings. The average molecular weight is 303 g/mol. The molecule has 8 nitrogen and oxygen atoms in total. The fraction of sp³-hybridized carbons (Fsp3) is 0.769. The van der Waals surface area contributed by atoms with Crippen LogP contribution in [0.25, 0.3) is 0 Å². The van der Waals surface area contributed by atoms with Crippen molar-refractivity contribution >= 4 is 18.0 Å². The zero-order valence-electron chi connectivity index (χ0n) is 12.8. The lowest BCUT2D eigenvalue weighted by Gasteiger charge is -2.15. The maximum atomic E-state index is 11.6. The van der Waals surface area contributed by atoms with Gasteiger partial charge in [-0.3, -0.25) is 4.79 Å². The SMILES string of the molecule is COC(=O)CC[C@H](NC(=O)NCCCCN(C)C)C(=O)O. The topological polar surface area (TPSA) is 108 Å². The predicted molar refractivity (Wildman–Crippen MR) is 77.0 cm³/mol. The normalized spacial score (nSPS) is 11.8. The first kappa shape index (κ1) is 19.2. The van der Waals surface area contributed by atoms with Gasteiger partial charge in [-0.15, -0.1) is 0 Å². The Kier molecular flexibility index (Phi) is 9.95. The number of carboxylic acids is 1. The van der Waals surface area contributed by atoms with E-state index in [1.54, 1.807) is 0 Å². The summed E-state index contributed by atoms with van der Waals surface area (Å²) in [4.78, 5) is 35.6. The Morgan fingerprint density at radius 2 is 1.90 bits per heavy atom. The van der Waals surface area contributed by atoms with E-state index in [2.05, 4.69) is 15.4 Å². The number of urea groups is 1. The van der Waals surface area contributed by atoms with Gasteiger partial charge in [0.1, 0.15) is 6.04 Å². The van der Waals surface area contributed by atoms with Gasteiger partial charge in [-0.25, -0.2) is 9.59 Å². The van der Waals surface area contributed by atoms with Gasteiger partial charge in [-0.05, 0) is 39.9 Å². The second kappa shape index (κ2) is 10.9. The molecule has 1 atom stereocenters. The van der Waals surface area contributed by atoms with Crippen molar-refractivity contribution in [3.8, 4) is 0 Å². The Bertz CT molecular complexity index is 347. The van der Waals surface area contributed by atoms with Crippen molar-refractivity contribution in [3.63, 3.8) is 0 Å². The number of hydrogen-bond donors (Lipinski definition) is 3. The van der Waals surface area contributed by atoms with E-state index in [1.807, 2.05) is 19.0 Å². The number of aliphatic carboxylic acids is 1. The van der Waals surface area contributed by atoms with E-state index in [4.69, 9.17) is 5.11 Å². The molecule has 2 amide bonds. The number of hydrogen-bond acceptors (Lipinski definition) is 5. The number of rotatable bonds is 10. The molecule has 0 aliphatic rings. The molecule has 8 heteroatoms. The second-order valence-corrected chi connectivity index (χ2v) is 4.92. The predicted octanol–water partition coefficient (Wildman–Crippen LogP) is 0.0338. The van der Waals surface area contributed by atoms with Gasteiger partial charge in [0.2, 0.25) is 0 Å². The Labute approximate surface area is 124 Å². The fourth-order valence-electron chi connectivity index (χ4n) is 1.59. The van der Waals surface area contributed by atoms with Gasteiger partial charge in [-0.2, -0.15) is 0 Å². The number of unbranched alkanes of at least 4 members (excludes halogenated alkanes) is 1. The van der Waals surface area contributed by atoms with Crippen molar-refractivity contribution in [2.45, 2.75) is 31.7 Å². The standard InChI is InChI=1S/C13H25N3O5/c1-16(2)9-5-4-8-14-13(20)15-10(12(18)19)6-7-11(17)21-3/h10H,4-9H2,1-3H3,(H,18,19)(H2,14,15,20)/t10-/m0/s1. The average Bonchev–Trinajstić information content (AvgIpc) is 2.41. The molecule has 0 spiro atoms. The molecule has 0 saturated carbocycles. The van der Waals surface area contributed by atoms with Crippen LogP contribution >= 0.6 is 0 Å². The summed E-state index contributed by atoms with van der Waals surface area (Å²) < 4.78 is 4.43. The largest absolute Gasteiger partial charge is 0.480 e. The van der Waals surface area contributed by atoms with Crippen LogP contribution < -0.4 is 10.6 Å². The van der Waals surface area contributed by atoms with Crippen LogP contribution in [0.4, 0.5) is 4.79 Å². The zero-order chi connectivity index (χ0) is 16.3. The maximum absolute atomic E-state index is 11.6. The van der Waals surface area contributed by atoms with Gasteiger partial charge in [0, 0.05) is 13.0 Å². The molecule has 3 N–H and O–H groups in total. The van der Waals surface area contributed by atoms with Crippen LogP contribution in [0.3, 0.4) is 0 Å². The van der Waals surface area contributed by atoms with Crippen LogP contribution in [0.1, 0.15) is 25.7 Å². The first-order chi connectivity index (χ1) is 9.86. The van der Waals surface area contributed by atoms with Crippen molar-refractivity contribution in [3.05, 3.63) is 0 Å². The van der Waals surface area contributed by atoms with Crippen LogP contribution in [-0.2, 0) is 14.3 Å². The lowest BCUT2D eigenvalue weighted by Crippen LogP contribution is -2.46. The number of nitrogens with one attached hydrogen (secondary N) is 2. The molecule has 0 heterocycles. The van der Waals surface area contributed by atoms with Crippen LogP contribution in [0.5, 0.6) is 0 Å². The number of carboxylic acid groups (broad SMARTS) is 1. The highest BCUT2D eigenvalue weighted by molar-refractivity contribution is 5.83. The number of carbonyl (C=O) groups excluding carboxylic acids is 2. The third-order valence-electron chi connectivity index (χ3n) is 2.79. The summed E-state index contributed by atoms with van der Waals surface area (Å²) in [5.74, 6) is -1.69. The highest BCUT2D eigenvalue weighted by Gasteiger charge is 2.20. The van der Waals surface area contributed by atoms with E-state index in [9.17, 15) is 14.4 Å². The third-order valence-corrected chi connectivity index (χ3v) is 2.79. The molecule has 0 aromatic carbocycles. The van der Waals surface area contributed by atoms with Crippen molar-refractivity contribution < 1.29 is 24.2 Å². The summed E-state index contributed by atoms with van der Waals surface area (Å²) in [6.45, 7) is 1.41. The van der Waals surface area contributed by atoms with Crippen molar-refractivity contribution in [1.29, 1.82) is 0 Å². The van der Waals surface area contributed by atoms with E-state index >= 15 is 0 Å². The quantitative estimate of drug-likeness (QED) is 0.388.